The Morgan fingerprint density at radius 3 is 2.62 bits per heavy atom. The van der Waals surface area contributed by atoms with Gasteiger partial charge in [0.25, 0.3) is 0 Å². The van der Waals surface area contributed by atoms with Gasteiger partial charge < -0.3 is 10.6 Å². The first-order valence-corrected chi connectivity index (χ1v) is 7.10. The van der Waals surface area contributed by atoms with Gasteiger partial charge in [0.2, 0.25) is 0 Å². The first-order valence-electron chi connectivity index (χ1n) is 6.72. The van der Waals surface area contributed by atoms with Crippen molar-refractivity contribution >= 4 is 17.5 Å². The second kappa shape index (κ2) is 6.66. The molecule has 2 rings (SSSR count). The van der Waals surface area contributed by atoms with Crippen LogP contribution in [-0.4, -0.2) is 25.2 Å². The molecule has 1 aliphatic rings. The largest absolute Gasteiger partial charge is 0.471 e. The number of amides is 1. The van der Waals surface area contributed by atoms with E-state index in [0.29, 0.717) is 16.5 Å². The van der Waals surface area contributed by atoms with Crippen molar-refractivity contribution in [2.24, 2.45) is 0 Å². The second-order valence-corrected chi connectivity index (χ2v) is 5.46. The lowest BCUT2D eigenvalue weighted by Gasteiger charge is -2.23. The Hall–Kier alpha value is -1.27. The molecule has 1 aromatic carbocycles. The zero-order valence-electron chi connectivity index (χ0n) is 11.3. The number of alkyl halides is 3. The van der Waals surface area contributed by atoms with E-state index < -0.39 is 12.1 Å². The van der Waals surface area contributed by atoms with E-state index in [-0.39, 0.29) is 6.54 Å². The molecule has 7 heteroatoms. The zero-order chi connectivity index (χ0) is 15.5. The van der Waals surface area contributed by atoms with Gasteiger partial charge in [-0.25, -0.2) is 0 Å². The highest BCUT2D eigenvalue weighted by Crippen LogP contribution is 2.28. The van der Waals surface area contributed by atoms with Gasteiger partial charge in [0, 0.05) is 11.6 Å². The minimum Gasteiger partial charge on any atom is -0.344 e. The summed E-state index contributed by atoms with van der Waals surface area (Å²) >= 11 is 5.99. The summed E-state index contributed by atoms with van der Waals surface area (Å²) in [5.41, 5.74) is 1.56. The summed E-state index contributed by atoms with van der Waals surface area (Å²) in [5, 5.41) is 5.46. The quantitative estimate of drug-likeness (QED) is 0.899. The standard InChI is InChI=1S/C14H16ClF3N2O/c15-12-2-1-10(9-3-5-19-6-4-9)7-11(12)8-20-13(21)14(16,17)18/h1-2,7,9,19H,3-6,8H2,(H,20,21). The van der Waals surface area contributed by atoms with Gasteiger partial charge in [0.15, 0.2) is 0 Å². The Bertz CT molecular complexity index is 513. The number of hydrogen-bond acceptors (Lipinski definition) is 2. The van der Waals surface area contributed by atoms with E-state index in [1.807, 2.05) is 11.4 Å². The molecule has 3 nitrogen and oxygen atoms in total. The lowest BCUT2D eigenvalue weighted by molar-refractivity contribution is -0.173. The van der Waals surface area contributed by atoms with Crippen molar-refractivity contribution in [3.63, 3.8) is 0 Å². The molecule has 116 valence electrons. The number of piperidine rings is 1. The van der Waals surface area contributed by atoms with E-state index in [0.717, 1.165) is 31.5 Å². The summed E-state index contributed by atoms with van der Waals surface area (Å²) < 4.78 is 36.5. The number of rotatable bonds is 3. The molecule has 0 aromatic heterocycles. The van der Waals surface area contributed by atoms with Crippen LogP contribution in [0.1, 0.15) is 29.9 Å². The summed E-state index contributed by atoms with van der Waals surface area (Å²) in [6.07, 6.45) is -2.91. The molecule has 0 aliphatic carbocycles. The Labute approximate surface area is 125 Å². The minimum absolute atomic E-state index is 0.226. The molecule has 0 atom stereocenters. The highest BCUT2D eigenvalue weighted by atomic mass is 35.5. The van der Waals surface area contributed by atoms with Gasteiger partial charge in [0.05, 0.1) is 0 Å². The third-order valence-corrected chi connectivity index (χ3v) is 3.95. The van der Waals surface area contributed by atoms with Crippen molar-refractivity contribution in [3.8, 4) is 0 Å². The van der Waals surface area contributed by atoms with Crippen LogP contribution < -0.4 is 10.6 Å². The third kappa shape index (κ3) is 4.35. The van der Waals surface area contributed by atoms with Gasteiger partial charge in [-0.2, -0.15) is 13.2 Å². The van der Waals surface area contributed by atoms with E-state index in [1.54, 1.807) is 12.1 Å². The summed E-state index contributed by atoms with van der Waals surface area (Å²) in [6.45, 7) is 1.62. The van der Waals surface area contributed by atoms with Crippen molar-refractivity contribution < 1.29 is 18.0 Å². The lowest BCUT2D eigenvalue weighted by atomic mass is 9.89. The van der Waals surface area contributed by atoms with Gasteiger partial charge in [-0.05, 0) is 49.0 Å². The third-order valence-electron chi connectivity index (χ3n) is 3.58. The van der Waals surface area contributed by atoms with Crippen LogP contribution in [0.25, 0.3) is 0 Å². The molecule has 0 spiro atoms. The van der Waals surface area contributed by atoms with Crippen LogP contribution in [-0.2, 0) is 11.3 Å². The number of nitrogens with one attached hydrogen (secondary N) is 2. The molecular formula is C14H16ClF3N2O. The van der Waals surface area contributed by atoms with Crippen LogP contribution in [0.5, 0.6) is 0 Å². The Kier molecular flexibility index (Phi) is 5.11. The lowest BCUT2D eigenvalue weighted by Crippen LogP contribution is -2.36. The van der Waals surface area contributed by atoms with Gasteiger partial charge in [-0.15, -0.1) is 0 Å². The van der Waals surface area contributed by atoms with E-state index in [2.05, 4.69) is 5.32 Å². The van der Waals surface area contributed by atoms with Crippen molar-refractivity contribution in [3.05, 3.63) is 34.3 Å². The van der Waals surface area contributed by atoms with Crippen molar-refractivity contribution in [1.82, 2.24) is 10.6 Å². The molecule has 21 heavy (non-hydrogen) atoms. The summed E-state index contributed by atoms with van der Waals surface area (Å²) in [6, 6.07) is 5.36. The summed E-state index contributed by atoms with van der Waals surface area (Å²) in [7, 11) is 0. The van der Waals surface area contributed by atoms with Gasteiger partial charge in [-0.1, -0.05) is 23.7 Å². The molecule has 0 unspecified atom stereocenters. The molecule has 2 N–H and O–H groups in total. The molecule has 0 bridgehead atoms. The van der Waals surface area contributed by atoms with Gasteiger partial charge >= 0.3 is 12.1 Å². The SMILES string of the molecule is O=C(NCc1cc(C2CCNCC2)ccc1Cl)C(F)(F)F. The van der Waals surface area contributed by atoms with Crippen molar-refractivity contribution in [2.45, 2.75) is 31.5 Å². The van der Waals surface area contributed by atoms with Gasteiger partial charge in [0.1, 0.15) is 0 Å². The number of carbonyl (C=O) groups excluding carboxylic acids is 1. The molecular weight excluding hydrogens is 305 g/mol. The van der Waals surface area contributed by atoms with Crippen molar-refractivity contribution in [2.75, 3.05) is 13.1 Å². The van der Waals surface area contributed by atoms with Gasteiger partial charge in [-0.3, -0.25) is 4.79 Å². The predicted octanol–water partition coefficient (Wildman–Crippen LogP) is 2.99. The monoisotopic (exact) mass is 320 g/mol. The average Bonchev–Trinajstić information content (AvgIpc) is 2.46. The number of hydrogen-bond donors (Lipinski definition) is 2. The van der Waals surface area contributed by atoms with Crippen molar-refractivity contribution in [1.29, 1.82) is 0 Å². The Morgan fingerprint density at radius 1 is 1.33 bits per heavy atom. The predicted molar refractivity (Wildman–Crippen MR) is 74.2 cm³/mol. The Morgan fingerprint density at radius 2 is 2.00 bits per heavy atom. The minimum atomic E-state index is -4.88. The maximum Gasteiger partial charge on any atom is 0.471 e. The summed E-state index contributed by atoms with van der Waals surface area (Å²) in [5.74, 6) is -1.58. The maximum atomic E-state index is 12.2. The number of halogens is 4. The van der Waals surface area contributed by atoms with Crippen LogP contribution in [0, 0.1) is 0 Å². The van der Waals surface area contributed by atoms with Crippen LogP contribution in [0.2, 0.25) is 5.02 Å². The molecule has 1 saturated heterocycles. The van der Waals surface area contributed by atoms with Crippen LogP contribution in [0.4, 0.5) is 13.2 Å². The smallest absolute Gasteiger partial charge is 0.344 e. The van der Waals surface area contributed by atoms with E-state index in [9.17, 15) is 18.0 Å². The van der Waals surface area contributed by atoms with Crippen LogP contribution in [0.15, 0.2) is 18.2 Å². The van der Waals surface area contributed by atoms with E-state index in [1.165, 1.54) is 0 Å². The first-order chi connectivity index (χ1) is 9.88. The normalized spacial score (nSPS) is 16.8. The number of benzene rings is 1. The van der Waals surface area contributed by atoms with E-state index in [4.69, 9.17) is 11.6 Å². The molecule has 0 radical (unpaired) electrons. The zero-order valence-corrected chi connectivity index (χ0v) is 12.0. The van der Waals surface area contributed by atoms with E-state index >= 15 is 0 Å². The molecule has 1 amide bonds. The summed E-state index contributed by atoms with van der Waals surface area (Å²) in [4.78, 5) is 10.8. The molecule has 1 aromatic rings. The highest BCUT2D eigenvalue weighted by Gasteiger charge is 2.38. The molecule has 1 heterocycles. The number of carbonyl (C=O) groups is 1. The van der Waals surface area contributed by atoms with Crippen LogP contribution >= 0.6 is 11.6 Å². The fourth-order valence-corrected chi connectivity index (χ4v) is 2.60. The molecule has 0 saturated carbocycles. The highest BCUT2D eigenvalue weighted by molar-refractivity contribution is 6.31. The topological polar surface area (TPSA) is 41.1 Å². The molecule has 1 fully saturated rings. The second-order valence-electron chi connectivity index (χ2n) is 5.06. The average molecular weight is 321 g/mol. The van der Waals surface area contributed by atoms with Crippen LogP contribution in [0.3, 0.4) is 0 Å². The first kappa shape index (κ1) is 16.1. The fraction of sp³-hybridized carbons (Fsp3) is 0.500. The maximum absolute atomic E-state index is 12.2. The fourth-order valence-electron chi connectivity index (χ4n) is 2.42. The Balaban J connectivity index is 2.06. The molecule has 1 aliphatic heterocycles.